The summed E-state index contributed by atoms with van der Waals surface area (Å²) in [4.78, 5) is 15.8. The summed E-state index contributed by atoms with van der Waals surface area (Å²) in [7, 11) is 0. The van der Waals surface area contributed by atoms with E-state index in [1.54, 1.807) is 0 Å². The van der Waals surface area contributed by atoms with Gasteiger partial charge in [0.25, 0.3) is 0 Å². The summed E-state index contributed by atoms with van der Waals surface area (Å²) in [5.41, 5.74) is -0.244. The molecule has 0 aliphatic heterocycles. The van der Waals surface area contributed by atoms with Gasteiger partial charge in [-0.2, -0.15) is 0 Å². The lowest BCUT2D eigenvalue weighted by molar-refractivity contribution is -0.119. The number of pyridine rings is 1. The molecule has 0 radical (unpaired) electrons. The second-order valence-corrected chi connectivity index (χ2v) is 5.83. The third-order valence-corrected chi connectivity index (χ3v) is 4.46. The van der Waals surface area contributed by atoms with Crippen molar-refractivity contribution < 1.29 is 18.0 Å². The molecule has 6 heteroatoms. The summed E-state index contributed by atoms with van der Waals surface area (Å²) in [6.45, 7) is 0. The first kappa shape index (κ1) is 13.4. The van der Waals surface area contributed by atoms with E-state index >= 15 is 0 Å². The van der Waals surface area contributed by atoms with Crippen LogP contribution in [0, 0.1) is 17.2 Å². The molecule has 1 unspecified atom stereocenters. The fourth-order valence-corrected chi connectivity index (χ4v) is 3.05. The van der Waals surface area contributed by atoms with Gasteiger partial charge in [0, 0.05) is 18.8 Å². The summed E-state index contributed by atoms with van der Waals surface area (Å²) in [6, 6.07) is 2.60. The number of amides is 1. The first-order valence-electron chi connectivity index (χ1n) is 6.71. The highest BCUT2D eigenvalue weighted by Crippen LogP contribution is 2.63. The molecule has 0 aromatic carbocycles. The highest BCUT2D eigenvalue weighted by atomic mass is 19.3. The SMILES string of the molecule is O=C(Nc1ccc(F)cn1)C1CC12CCC(F)(F)CC2. The second kappa shape index (κ2) is 4.46. The smallest absolute Gasteiger partial charge is 0.248 e. The molecular weight excluding hydrogens is 269 g/mol. The van der Waals surface area contributed by atoms with Crippen molar-refractivity contribution in [2.75, 3.05) is 5.32 Å². The lowest BCUT2D eigenvalue weighted by atomic mass is 9.82. The number of nitrogens with one attached hydrogen (secondary N) is 1. The minimum atomic E-state index is -2.58. The van der Waals surface area contributed by atoms with E-state index in [2.05, 4.69) is 10.3 Å². The first-order valence-corrected chi connectivity index (χ1v) is 6.71. The molecule has 1 heterocycles. The summed E-state index contributed by atoms with van der Waals surface area (Å²) >= 11 is 0. The molecule has 0 bridgehead atoms. The third kappa shape index (κ3) is 2.51. The average molecular weight is 284 g/mol. The van der Waals surface area contributed by atoms with Crippen LogP contribution in [0.15, 0.2) is 18.3 Å². The normalized spacial score (nSPS) is 26.2. The fourth-order valence-electron chi connectivity index (χ4n) is 3.05. The van der Waals surface area contributed by atoms with Gasteiger partial charge in [0.1, 0.15) is 11.6 Å². The molecule has 20 heavy (non-hydrogen) atoms. The Morgan fingerprint density at radius 2 is 1.95 bits per heavy atom. The maximum Gasteiger partial charge on any atom is 0.248 e. The van der Waals surface area contributed by atoms with E-state index in [9.17, 15) is 18.0 Å². The Morgan fingerprint density at radius 1 is 1.25 bits per heavy atom. The monoisotopic (exact) mass is 284 g/mol. The van der Waals surface area contributed by atoms with Crippen LogP contribution in [0.5, 0.6) is 0 Å². The van der Waals surface area contributed by atoms with Crippen molar-refractivity contribution in [1.82, 2.24) is 4.98 Å². The quantitative estimate of drug-likeness (QED) is 0.904. The van der Waals surface area contributed by atoms with Gasteiger partial charge in [0.15, 0.2) is 0 Å². The molecule has 1 spiro atoms. The number of hydrogen-bond donors (Lipinski definition) is 1. The van der Waals surface area contributed by atoms with E-state index in [1.165, 1.54) is 12.1 Å². The Bertz CT molecular complexity index is 520. The molecule has 2 saturated carbocycles. The van der Waals surface area contributed by atoms with Gasteiger partial charge < -0.3 is 5.32 Å². The number of carbonyl (C=O) groups excluding carboxylic acids is 1. The lowest BCUT2D eigenvalue weighted by Crippen LogP contribution is -2.28. The molecule has 2 fully saturated rings. The van der Waals surface area contributed by atoms with Crippen molar-refractivity contribution >= 4 is 11.7 Å². The van der Waals surface area contributed by atoms with Crippen molar-refractivity contribution in [1.29, 1.82) is 0 Å². The Hall–Kier alpha value is -1.59. The van der Waals surface area contributed by atoms with Crippen LogP contribution in [-0.4, -0.2) is 16.8 Å². The fraction of sp³-hybridized carbons (Fsp3) is 0.571. The lowest BCUT2D eigenvalue weighted by Gasteiger charge is -2.28. The molecule has 1 amide bonds. The molecule has 2 aliphatic rings. The highest BCUT2D eigenvalue weighted by molar-refractivity contribution is 5.94. The number of halogens is 3. The third-order valence-electron chi connectivity index (χ3n) is 4.46. The topological polar surface area (TPSA) is 42.0 Å². The van der Waals surface area contributed by atoms with E-state index in [4.69, 9.17) is 0 Å². The van der Waals surface area contributed by atoms with Crippen molar-refractivity contribution in [2.45, 2.75) is 38.0 Å². The number of aromatic nitrogens is 1. The van der Waals surface area contributed by atoms with Gasteiger partial charge in [-0.05, 0) is 36.8 Å². The van der Waals surface area contributed by atoms with Crippen molar-refractivity contribution in [3.63, 3.8) is 0 Å². The molecule has 3 nitrogen and oxygen atoms in total. The Labute approximate surface area is 114 Å². The van der Waals surface area contributed by atoms with E-state index in [-0.39, 0.29) is 30.1 Å². The number of carbonyl (C=O) groups is 1. The van der Waals surface area contributed by atoms with Crippen LogP contribution >= 0.6 is 0 Å². The molecule has 2 aliphatic carbocycles. The van der Waals surface area contributed by atoms with Crippen LogP contribution in [0.2, 0.25) is 0 Å². The highest BCUT2D eigenvalue weighted by Gasteiger charge is 2.60. The predicted molar refractivity (Wildman–Crippen MR) is 66.8 cm³/mol. The van der Waals surface area contributed by atoms with Crippen molar-refractivity contribution in [3.05, 3.63) is 24.1 Å². The molecule has 108 valence electrons. The molecule has 3 rings (SSSR count). The summed E-state index contributed by atoms with van der Waals surface area (Å²) < 4.78 is 39.0. The molecular formula is C14H15F3N2O. The van der Waals surface area contributed by atoms with Crippen LogP contribution in [0.4, 0.5) is 19.0 Å². The largest absolute Gasteiger partial charge is 0.310 e. The molecule has 1 aromatic rings. The van der Waals surface area contributed by atoms with E-state index in [1.807, 2.05) is 0 Å². The zero-order valence-corrected chi connectivity index (χ0v) is 10.8. The zero-order valence-electron chi connectivity index (χ0n) is 10.8. The van der Waals surface area contributed by atoms with E-state index in [0.29, 0.717) is 25.1 Å². The summed E-state index contributed by atoms with van der Waals surface area (Å²) in [6.07, 6.45) is 2.22. The van der Waals surface area contributed by atoms with Gasteiger partial charge in [-0.15, -0.1) is 0 Å². The van der Waals surface area contributed by atoms with Crippen LogP contribution in [0.1, 0.15) is 32.1 Å². The van der Waals surface area contributed by atoms with Crippen LogP contribution in [0.25, 0.3) is 0 Å². The predicted octanol–water partition coefficient (Wildman–Crippen LogP) is 3.37. The van der Waals surface area contributed by atoms with Gasteiger partial charge in [-0.25, -0.2) is 18.2 Å². The van der Waals surface area contributed by atoms with Gasteiger partial charge in [-0.3, -0.25) is 4.79 Å². The molecule has 1 N–H and O–H groups in total. The van der Waals surface area contributed by atoms with E-state index < -0.39 is 11.7 Å². The molecule has 1 atom stereocenters. The molecule has 1 aromatic heterocycles. The minimum Gasteiger partial charge on any atom is -0.310 e. The van der Waals surface area contributed by atoms with Crippen molar-refractivity contribution in [2.24, 2.45) is 11.3 Å². The van der Waals surface area contributed by atoms with Gasteiger partial charge in [0.2, 0.25) is 11.8 Å². The number of anilines is 1. The van der Waals surface area contributed by atoms with Crippen LogP contribution < -0.4 is 5.32 Å². The van der Waals surface area contributed by atoms with Gasteiger partial charge in [0.05, 0.1) is 6.20 Å². The maximum atomic E-state index is 13.1. The average Bonchev–Trinajstić information content (AvgIpc) is 3.11. The first-order chi connectivity index (χ1) is 9.40. The zero-order chi connectivity index (χ0) is 14.4. The number of hydrogen-bond acceptors (Lipinski definition) is 2. The number of rotatable bonds is 2. The second-order valence-electron chi connectivity index (χ2n) is 5.83. The van der Waals surface area contributed by atoms with Crippen molar-refractivity contribution in [3.8, 4) is 0 Å². The number of nitrogens with zero attached hydrogens (tertiary/aromatic N) is 1. The maximum absolute atomic E-state index is 13.1. The van der Waals surface area contributed by atoms with Crippen LogP contribution in [-0.2, 0) is 4.79 Å². The Kier molecular flexibility index (Phi) is 2.99. The van der Waals surface area contributed by atoms with E-state index in [0.717, 1.165) is 6.20 Å². The summed E-state index contributed by atoms with van der Waals surface area (Å²) in [5, 5.41) is 2.62. The minimum absolute atomic E-state index is 0.133. The Morgan fingerprint density at radius 3 is 2.55 bits per heavy atom. The number of alkyl halides is 2. The van der Waals surface area contributed by atoms with Gasteiger partial charge in [-0.1, -0.05) is 0 Å². The standard InChI is InChI=1S/C14H15F3N2O/c15-9-1-2-11(18-8-9)19-12(20)10-7-13(10)3-5-14(16,17)6-4-13/h1-2,8,10H,3-7H2,(H,18,19,20). The molecule has 0 saturated heterocycles. The Balaban J connectivity index is 1.59. The van der Waals surface area contributed by atoms with Gasteiger partial charge >= 0.3 is 0 Å². The van der Waals surface area contributed by atoms with Crippen LogP contribution in [0.3, 0.4) is 0 Å². The summed E-state index contributed by atoms with van der Waals surface area (Å²) in [5.74, 6) is -3.17.